The summed E-state index contributed by atoms with van der Waals surface area (Å²) in [6.45, 7) is 3.72. The number of pyridine rings is 1. The van der Waals surface area contributed by atoms with Gasteiger partial charge in [-0.1, -0.05) is 25.1 Å². The summed E-state index contributed by atoms with van der Waals surface area (Å²) in [5.74, 6) is -2.46. The molecule has 208 valence electrons. The van der Waals surface area contributed by atoms with Crippen LogP contribution in [-0.2, 0) is 9.59 Å². The summed E-state index contributed by atoms with van der Waals surface area (Å²) in [5.41, 5.74) is 6.40. The number of benzene rings is 1. The molecule has 6 atom stereocenters. The summed E-state index contributed by atoms with van der Waals surface area (Å²) >= 11 is 0. The van der Waals surface area contributed by atoms with Gasteiger partial charge in [0.15, 0.2) is 12.1 Å². The van der Waals surface area contributed by atoms with E-state index in [1.165, 1.54) is 23.2 Å². The first-order chi connectivity index (χ1) is 18.4. The molecule has 39 heavy (non-hydrogen) atoms. The van der Waals surface area contributed by atoms with E-state index in [0.29, 0.717) is 24.0 Å². The molecule has 0 radical (unpaired) electrons. The minimum atomic E-state index is -4.60. The van der Waals surface area contributed by atoms with E-state index < -0.39 is 59.9 Å². The van der Waals surface area contributed by atoms with Crippen molar-refractivity contribution in [2.45, 2.75) is 69.4 Å². The van der Waals surface area contributed by atoms with Crippen LogP contribution in [0.15, 0.2) is 47.7 Å². The lowest BCUT2D eigenvalue weighted by Gasteiger charge is -2.39. The van der Waals surface area contributed by atoms with E-state index in [0.717, 1.165) is 6.20 Å². The average molecular weight is 548 g/mol. The fourth-order valence-electron chi connectivity index (χ4n) is 5.49. The monoisotopic (exact) mass is 547 g/mol. The van der Waals surface area contributed by atoms with Crippen LogP contribution in [0.25, 0.3) is 0 Å². The molecule has 0 spiro atoms. The van der Waals surface area contributed by atoms with E-state index in [-0.39, 0.29) is 24.0 Å². The second-order valence-corrected chi connectivity index (χ2v) is 10.6. The molecular formula is C27H29F4N5O3. The second kappa shape index (κ2) is 9.80. The van der Waals surface area contributed by atoms with E-state index in [9.17, 15) is 27.2 Å². The van der Waals surface area contributed by atoms with Crippen molar-refractivity contribution in [1.82, 2.24) is 15.2 Å². The first-order valence-electron chi connectivity index (χ1n) is 12.8. The van der Waals surface area contributed by atoms with Gasteiger partial charge in [0, 0.05) is 24.1 Å². The average Bonchev–Trinajstić information content (AvgIpc) is 3.66. The molecule has 0 bridgehead atoms. The van der Waals surface area contributed by atoms with Crippen molar-refractivity contribution in [2.75, 3.05) is 0 Å². The second-order valence-electron chi connectivity index (χ2n) is 10.6. The maximum absolute atomic E-state index is 14.2. The number of hydrogen-bond donors (Lipinski definition) is 2. The number of carbonyl (C=O) groups excluding carboxylic acids is 2. The Balaban J connectivity index is 1.41. The van der Waals surface area contributed by atoms with E-state index in [2.05, 4.69) is 15.3 Å². The van der Waals surface area contributed by atoms with Crippen molar-refractivity contribution in [3.63, 3.8) is 0 Å². The quantitative estimate of drug-likeness (QED) is 0.528. The van der Waals surface area contributed by atoms with Crippen LogP contribution in [0.4, 0.5) is 17.6 Å². The maximum Gasteiger partial charge on any atom is 0.425 e. The van der Waals surface area contributed by atoms with Gasteiger partial charge in [0.1, 0.15) is 11.6 Å². The van der Waals surface area contributed by atoms with Gasteiger partial charge in [-0.3, -0.25) is 19.5 Å². The molecule has 0 saturated heterocycles. The van der Waals surface area contributed by atoms with Crippen LogP contribution in [0.1, 0.15) is 62.7 Å². The Morgan fingerprint density at radius 3 is 2.69 bits per heavy atom. The smallest absolute Gasteiger partial charge is 0.425 e. The lowest BCUT2D eigenvalue weighted by atomic mass is 9.91. The topological polar surface area (TPSA) is 110 Å². The fraction of sp³-hybridized carbons (Fsp3) is 0.481. The summed E-state index contributed by atoms with van der Waals surface area (Å²) in [7, 11) is 0. The van der Waals surface area contributed by atoms with Crippen LogP contribution >= 0.6 is 0 Å². The Labute approximate surface area is 222 Å². The maximum atomic E-state index is 14.2. The molecule has 3 aliphatic rings. The number of para-hydroxylation sites is 1. The number of aliphatic imine (C=N–C) groups is 1. The number of aromatic nitrogens is 1. The number of nitrogens with zero attached hydrogens (tertiary/aromatic N) is 3. The van der Waals surface area contributed by atoms with Gasteiger partial charge in [-0.2, -0.15) is 13.2 Å². The molecule has 1 saturated carbocycles. The summed E-state index contributed by atoms with van der Waals surface area (Å²) < 4.78 is 59.9. The number of amides is 2. The van der Waals surface area contributed by atoms with Crippen LogP contribution in [0.3, 0.4) is 0 Å². The Morgan fingerprint density at radius 1 is 1.28 bits per heavy atom. The third-order valence-corrected chi connectivity index (χ3v) is 7.82. The van der Waals surface area contributed by atoms with Gasteiger partial charge < -0.3 is 15.8 Å². The van der Waals surface area contributed by atoms with Crippen LogP contribution in [0.5, 0.6) is 5.75 Å². The van der Waals surface area contributed by atoms with Gasteiger partial charge >= 0.3 is 6.18 Å². The van der Waals surface area contributed by atoms with Crippen molar-refractivity contribution >= 4 is 17.8 Å². The van der Waals surface area contributed by atoms with Gasteiger partial charge in [-0.25, -0.2) is 9.38 Å². The number of rotatable bonds is 6. The van der Waals surface area contributed by atoms with Gasteiger partial charge in [0.05, 0.1) is 30.2 Å². The van der Waals surface area contributed by atoms with Crippen LogP contribution in [-0.4, -0.2) is 45.5 Å². The minimum absolute atomic E-state index is 0.0257. The third kappa shape index (κ3) is 5.28. The number of nitrogens with one attached hydrogen (secondary N) is 1. The summed E-state index contributed by atoms with van der Waals surface area (Å²) in [6.07, 6.45) is -3.70. The normalized spacial score (nSPS) is 29.1. The molecular weight excluding hydrogens is 518 g/mol. The van der Waals surface area contributed by atoms with Gasteiger partial charge in [0.25, 0.3) is 0 Å². The number of alkyl halides is 3. The van der Waals surface area contributed by atoms with Crippen molar-refractivity contribution in [2.24, 2.45) is 22.6 Å². The van der Waals surface area contributed by atoms with E-state index in [1.54, 1.807) is 18.2 Å². The molecule has 1 aromatic heterocycles. The van der Waals surface area contributed by atoms with Gasteiger partial charge in [-0.15, -0.1) is 0 Å². The zero-order valence-corrected chi connectivity index (χ0v) is 21.4. The van der Waals surface area contributed by atoms with Crippen LogP contribution < -0.4 is 15.8 Å². The molecule has 6 unspecified atom stereocenters. The van der Waals surface area contributed by atoms with Crippen molar-refractivity contribution < 1.29 is 31.9 Å². The highest BCUT2D eigenvalue weighted by molar-refractivity contribution is 5.99. The number of ether oxygens (including phenoxy) is 1. The Kier molecular flexibility index (Phi) is 6.76. The molecule has 3 N–H and O–H groups in total. The van der Waals surface area contributed by atoms with Crippen molar-refractivity contribution in [1.29, 1.82) is 0 Å². The number of carbonyl (C=O) groups is 2. The molecule has 2 aromatic rings. The van der Waals surface area contributed by atoms with E-state index >= 15 is 0 Å². The summed E-state index contributed by atoms with van der Waals surface area (Å²) in [4.78, 5) is 36.4. The highest BCUT2D eigenvalue weighted by Gasteiger charge is 2.54. The standard InChI is InChI=1S/C27H29F4N5O3/c1-3-26(2)11-22(37)36(25(32)35-26)23(14-8-15(28)13-33-12-14)17-9-18(17)24(38)34-19-10-21(27(29,30)31)39-20-7-5-4-6-16(19)20/h4-8,12-13,17-19,21,23H,3,9-11H2,1-2H3,(H2,32,35)(H,34,38). The molecule has 1 aromatic carbocycles. The molecule has 5 rings (SSSR count). The Hall–Kier alpha value is -3.70. The molecule has 1 fully saturated rings. The SMILES string of the molecule is CCC1(C)CC(=O)N(C(c2cncc(F)c2)C2CC2C(=O)NC2CC(C(F)(F)F)Oc3ccccc32)C(N)=N1. The fourth-order valence-corrected chi connectivity index (χ4v) is 5.49. The predicted molar refractivity (Wildman–Crippen MR) is 133 cm³/mol. The van der Waals surface area contributed by atoms with Gasteiger partial charge in [-0.05, 0) is 43.4 Å². The minimum Gasteiger partial charge on any atom is -0.480 e. The zero-order valence-electron chi connectivity index (χ0n) is 21.4. The summed E-state index contributed by atoms with van der Waals surface area (Å²) in [6, 6.07) is 5.79. The molecule has 3 heterocycles. The number of fused-ring (bicyclic) bond motifs is 1. The van der Waals surface area contributed by atoms with Crippen LogP contribution in [0.2, 0.25) is 0 Å². The molecule has 12 heteroatoms. The predicted octanol–water partition coefficient (Wildman–Crippen LogP) is 4.18. The largest absolute Gasteiger partial charge is 0.480 e. The number of guanidine groups is 1. The van der Waals surface area contributed by atoms with Crippen LogP contribution in [0, 0.1) is 17.7 Å². The Morgan fingerprint density at radius 2 is 2.03 bits per heavy atom. The summed E-state index contributed by atoms with van der Waals surface area (Å²) in [5, 5.41) is 2.76. The Bertz CT molecular complexity index is 1320. The molecule has 2 aliphatic heterocycles. The molecule has 1 aliphatic carbocycles. The lowest BCUT2D eigenvalue weighted by Crippen LogP contribution is -2.52. The van der Waals surface area contributed by atoms with Gasteiger partial charge in [0.2, 0.25) is 11.8 Å². The van der Waals surface area contributed by atoms with E-state index in [1.807, 2.05) is 13.8 Å². The first kappa shape index (κ1) is 26.9. The van der Waals surface area contributed by atoms with Crippen molar-refractivity contribution in [3.05, 3.63) is 59.7 Å². The number of hydrogen-bond acceptors (Lipinski definition) is 6. The highest BCUT2D eigenvalue weighted by Crippen LogP contribution is 2.52. The lowest BCUT2D eigenvalue weighted by molar-refractivity contribution is -0.201. The number of halogens is 4. The molecule has 8 nitrogen and oxygen atoms in total. The highest BCUT2D eigenvalue weighted by atomic mass is 19.4. The van der Waals surface area contributed by atoms with Crippen molar-refractivity contribution in [3.8, 4) is 5.75 Å². The first-order valence-corrected chi connectivity index (χ1v) is 12.8. The molecule has 2 amide bonds. The third-order valence-electron chi connectivity index (χ3n) is 7.82. The zero-order chi connectivity index (χ0) is 28.1. The number of nitrogens with two attached hydrogens (primary N) is 1. The van der Waals surface area contributed by atoms with E-state index in [4.69, 9.17) is 10.5 Å².